The summed E-state index contributed by atoms with van der Waals surface area (Å²) in [5, 5.41) is 11.0. The normalized spacial score (nSPS) is 12.8. The van der Waals surface area contributed by atoms with Crippen molar-refractivity contribution in [3.8, 4) is 11.5 Å². The molecule has 1 rings (SSSR count). The second-order valence-corrected chi connectivity index (χ2v) is 3.88. The van der Waals surface area contributed by atoms with Crippen LogP contribution >= 0.6 is 0 Å². The van der Waals surface area contributed by atoms with Gasteiger partial charge >= 0.3 is 12.1 Å². The van der Waals surface area contributed by atoms with Crippen LogP contribution in [0.15, 0.2) is 18.2 Å². The number of hydrogen-bond donors (Lipinski definition) is 2. The van der Waals surface area contributed by atoms with Crippen LogP contribution in [0.1, 0.15) is 11.6 Å². The molecule has 8 heteroatoms. The summed E-state index contributed by atoms with van der Waals surface area (Å²) in [6.45, 7) is -1.40. The lowest BCUT2D eigenvalue weighted by Gasteiger charge is -2.17. The fourth-order valence-corrected chi connectivity index (χ4v) is 1.60. The van der Waals surface area contributed by atoms with Crippen molar-refractivity contribution in [2.45, 2.75) is 12.2 Å². The molecule has 2 N–H and O–H groups in total. The highest BCUT2D eigenvalue weighted by Crippen LogP contribution is 2.30. The molecule has 0 saturated carbocycles. The summed E-state index contributed by atoms with van der Waals surface area (Å²) in [5.74, 6) is -0.817. The predicted octanol–water partition coefficient (Wildman–Crippen LogP) is 1.98. The Morgan fingerprint density at radius 1 is 1.30 bits per heavy atom. The minimum absolute atomic E-state index is 0.138. The summed E-state index contributed by atoms with van der Waals surface area (Å²) in [6, 6.07) is 2.63. The number of carbonyl (C=O) groups is 1. The molecule has 0 aromatic heterocycles. The van der Waals surface area contributed by atoms with Crippen LogP contribution in [0, 0.1) is 0 Å². The molecule has 0 saturated heterocycles. The first kappa shape index (κ1) is 16.1. The quantitative estimate of drug-likeness (QED) is 0.839. The van der Waals surface area contributed by atoms with Crippen molar-refractivity contribution in [2.24, 2.45) is 0 Å². The zero-order valence-electron chi connectivity index (χ0n) is 10.8. The summed E-state index contributed by atoms with van der Waals surface area (Å²) in [4.78, 5) is 11.1. The molecule has 1 atom stereocenters. The highest BCUT2D eigenvalue weighted by atomic mass is 19.4. The lowest BCUT2D eigenvalue weighted by Crippen LogP contribution is -2.36. The van der Waals surface area contributed by atoms with Gasteiger partial charge in [-0.15, -0.1) is 0 Å². The van der Waals surface area contributed by atoms with E-state index in [0.29, 0.717) is 5.75 Å². The first-order valence-electron chi connectivity index (χ1n) is 5.53. The van der Waals surface area contributed by atoms with Crippen molar-refractivity contribution in [2.75, 3.05) is 20.8 Å². The third-order valence-corrected chi connectivity index (χ3v) is 2.49. The second-order valence-electron chi connectivity index (χ2n) is 3.88. The Morgan fingerprint density at radius 2 is 1.90 bits per heavy atom. The molecular weight excluding hydrogens is 279 g/mol. The molecule has 0 aliphatic carbocycles. The lowest BCUT2D eigenvalue weighted by molar-refractivity contribution is -0.143. The Balaban J connectivity index is 3.00. The molecule has 1 unspecified atom stereocenters. The van der Waals surface area contributed by atoms with Crippen LogP contribution in [0.3, 0.4) is 0 Å². The van der Waals surface area contributed by atoms with E-state index < -0.39 is 24.7 Å². The zero-order valence-corrected chi connectivity index (χ0v) is 10.8. The van der Waals surface area contributed by atoms with Gasteiger partial charge in [0, 0.05) is 0 Å². The molecule has 0 fully saturated rings. The number of nitrogens with one attached hydrogen (secondary N) is 1. The first-order valence-corrected chi connectivity index (χ1v) is 5.53. The van der Waals surface area contributed by atoms with Crippen molar-refractivity contribution in [1.29, 1.82) is 0 Å². The maximum absolute atomic E-state index is 12.2. The molecule has 0 radical (unpaired) electrons. The van der Waals surface area contributed by atoms with Crippen LogP contribution in [0.4, 0.5) is 13.2 Å². The van der Waals surface area contributed by atoms with Crippen LogP contribution in [-0.2, 0) is 4.79 Å². The highest BCUT2D eigenvalue weighted by molar-refractivity contribution is 5.76. The van der Waals surface area contributed by atoms with Gasteiger partial charge in [0.15, 0.2) is 11.5 Å². The second kappa shape index (κ2) is 6.47. The van der Waals surface area contributed by atoms with Gasteiger partial charge < -0.3 is 14.6 Å². The van der Waals surface area contributed by atoms with Crippen molar-refractivity contribution < 1.29 is 32.5 Å². The first-order chi connectivity index (χ1) is 9.28. The molecule has 1 aromatic rings. The fourth-order valence-electron chi connectivity index (χ4n) is 1.60. The topological polar surface area (TPSA) is 67.8 Å². The molecule has 0 amide bonds. The number of carboxylic acid groups (broad SMARTS) is 1. The molecule has 0 aliphatic heterocycles. The number of benzene rings is 1. The molecule has 1 aromatic carbocycles. The van der Waals surface area contributed by atoms with E-state index in [4.69, 9.17) is 14.6 Å². The number of ether oxygens (including phenoxy) is 2. The van der Waals surface area contributed by atoms with Gasteiger partial charge in [-0.25, -0.2) is 0 Å². The Hall–Kier alpha value is -1.96. The Morgan fingerprint density at radius 3 is 2.35 bits per heavy atom. The molecule has 112 valence electrons. The van der Waals surface area contributed by atoms with Gasteiger partial charge in [-0.2, -0.15) is 13.2 Å². The Labute approximate surface area is 113 Å². The van der Waals surface area contributed by atoms with Gasteiger partial charge in [0.05, 0.1) is 20.8 Å². The van der Waals surface area contributed by atoms with E-state index in [1.807, 2.05) is 5.32 Å². The molecule has 0 bridgehead atoms. The third-order valence-electron chi connectivity index (χ3n) is 2.49. The molecule has 0 spiro atoms. The molecule has 5 nitrogen and oxygen atoms in total. The van der Waals surface area contributed by atoms with E-state index in [2.05, 4.69) is 0 Å². The highest BCUT2D eigenvalue weighted by Gasteiger charge is 2.31. The average Bonchev–Trinajstić information content (AvgIpc) is 2.36. The van der Waals surface area contributed by atoms with Crippen molar-refractivity contribution in [3.63, 3.8) is 0 Å². The van der Waals surface area contributed by atoms with E-state index in [-0.39, 0.29) is 11.3 Å². The zero-order chi connectivity index (χ0) is 15.3. The summed E-state index contributed by atoms with van der Waals surface area (Å²) in [5.41, 5.74) is 0.138. The van der Waals surface area contributed by atoms with Crippen LogP contribution in [-0.4, -0.2) is 38.0 Å². The summed E-state index contributed by atoms with van der Waals surface area (Å²) < 4.78 is 46.4. The van der Waals surface area contributed by atoms with Gasteiger partial charge in [-0.1, -0.05) is 6.07 Å². The maximum Gasteiger partial charge on any atom is 0.401 e. The summed E-state index contributed by atoms with van der Waals surface area (Å²) >= 11 is 0. The average molecular weight is 293 g/mol. The van der Waals surface area contributed by atoms with Gasteiger partial charge in [-0.05, 0) is 17.7 Å². The van der Waals surface area contributed by atoms with Gasteiger partial charge in [0.25, 0.3) is 0 Å². The number of halogens is 3. The Kier molecular flexibility index (Phi) is 5.20. The largest absolute Gasteiger partial charge is 0.493 e. The number of rotatable bonds is 6. The lowest BCUT2D eigenvalue weighted by atomic mass is 10.1. The number of methoxy groups -OCH3 is 2. The molecule has 0 heterocycles. The summed E-state index contributed by atoms with van der Waals surface area (Å²) in [6.07, 6.45) is -4.50. The van der Waals surface area contributed by atoms with E-state index in [0.717, 1.165) is 0 Å². The number of aliphatic carboxylic acids is 1. The van der Waals surface area contributed by atoms with Crippen LogP contribution in [0.2, 0.25) is 0 Å². The van der Waals surface area contributed by atoms with Crippen LogP contribution in [0.25, 0.3) is 0 Å². The van der Waals surface area contributed by atoms with E-state index in [1.54, 1.807) is 0 Å². The molecule has 0 aliphatic rings. The van der Waals surface area contributed by atoms with Crippen molar-refractivity contribution in [1.82, 2.24) is 5.32 Å². The minimum atomic E-state index is -4.50. The standard InChI is InChI=1S/C12H14F3NO4/c1-19-8-4-3-7(5-9(8)20-2)10(11(17)18)16-6-12(13,14)15/h3-5,10,16H,6H2,1-2H3,(H,17,18). The van der Waals surface area contributed by atoms with E-state index >= 15 is 0 Å². The number of carboxylic acids is 1. The number of alkyl halides is 3. The fraction of sp³-hybridized carbons (Fsp3) is 0.417. The van der Waals surface area contributed by atoms with Crippen LogP contribution < -0.4 is 14.8 Å². The number of hydrogen-bond acceptors (Lipinski definition) is 4. The third kappa shape index (κ3) is 4.30. The predicted molar refractivity (Wildman–Crippen MR) is 64.0 cm³/mol. The molecule has 20 heavy (non-hydrogen) atoms. The van der Waals surface area contributed by atoms with E-state index in [9.17, 15) is 18.0 Å². The van der Waals surface area contributed by atoms with Gasteiger partial charge in [-0.3, -0.25) is 10.1 Å². The van der Waals surface area contributed by atoms with Gasteiger partial charge in [0.2, 0.25) is 0 Å². The Bertz CT molecular complexity index is 476. The smallest absolute Gasteiger partial charge is 0.401 e. The minimum Gasteiger partial charge on any atom is -0.493 e. The van der Waals surface area contributed by atoms with Crippen molar-refractivity contribution in [3.05, 3.63) is 23.8 Å². The summed E-state index contributed by atoms with van der Waals surface area (Å²) in [7, 11) is 2.74. The van der Waals surface area contributed by atoms with Gasteiger partial charge in [0.1, 0.15) is 6.04 Å². The SMILES string of the molecule is COc1ccc(C(NCC(F)(F)F)C(=O)O)cc1OC. The monoisotopic (exact) mass is 293 g/mol. The van der Waals surface area contributed by atoms with Crippen molar-refractivity contribution >= 4 is 5.97 Å². The molecular formula is C12H14F3NO4. The van der Waals surface area contributed by atoms with E-state index in [1.165, 1.54) is 32.4 Å². The maximum atomic E-state index is 12.2. The van der Waals surface area contributed by atoms with Crippen LogP contribution in [0.5, 0.6) is 11.5 Å².